The third-order valence-electron chi connectivity index (χ3n) is 4.68. The van der Waals surface area contributed by atoms with Crippen LogP contribution in [0.25, 0.3) is 0 Å². The van der Waals surface area contributed by atoms with Crippen molar-refractivity contribution >= 4 is 28.7 Å². The highest BCUT2D eigenvalue weighted by Crippen LogP contribution is 2.36. The summed E-state index contributed by atoms with van der Waals surface area (Å²) in [7, 11) is 0. The number of hydrogen-bond donors (Lipinski definition) is 0. The van der Waals surface area contributed by atoms with Crippen LogP contribution in [0.15, 0.2) is 0 Å². The van der Waals surface area contributed by atoms with Crippen LogP contribution in [0.3, 0.4) is 0 Å². The molecule has 1 amide bonds. The molecule has 0 aromatic carbocycles. The summed E-state index contributed by atoms with van der Waals surface area (Å²) in [6.07, 6.45) is 6.01. The summed E-state index contributed by atoms with van der Waals surface area (Å²) in [6.45, 7) is 9.36. The molecule has 2 rings (SSSR count). The second-order valence-electron chi connectivity index (χ2n) is 7.84. The van der Waals surface area contributed by atoms with Crippen molar-refractivity contribution in [1.82, 2.24) is 4.90 Å². The van der Waals surface area contributed by atoms with Crippen molar-refractivity contribution in [3.63, 3.8) is 0 Å². The molecule has 0 radical (unpaired) electrons. The molecule has 0 aromatic heterocycles. The zero-order valence-electron chi connectivity index (χ0n) is 14.4. The fourth-order valence-electron chi connectivity index (χ4n) is 3.22. The third kappa shape index (κ3) is 4.73. The van der Waals surface area contributed by atoms with E-state index in [9.17, 15) is 4.79 Å². The van der Waals surface area contributed by atoms with E-state index in [-0.39, 0.29) is 11.7 Å². The van der Waals surface area contributed by atoms with E-state index in [1.54, 1.807) is 0 Å². The third-order valence-corrected chi connectivity index (χ3v) is 6.07. The van der Waals surface area contributed by atoms with Gasteiger partial charge in [-0.2, -0.15) is 0 Å². The predicted octanol–water partition coefficient (Wildman–Crippen LogP) is 4.40. The SMILES string of the molecule is CC(OC1(CI)CCCN(C(=O)OC(C)(C)C)C1)C1CCC1. The van der Waals surface area contributed by atoms with Gasteiger partial charge in [-0.3, -0.25) is 0 Å². The van der Waals surface area contributed by atoms with E-state index in [0.29, 0.717) is 18.6 Å². The number of ether oxygens (including phenoxy) is 2. The van der Waals surface area contributed by atoms with Crippen molar-refractivity contribution in [3.8, 4) is 0 Å². The fraction of sp³-hybridized carbons (Fsp3) is 0.941. The fourth-order valence-corrected chi connectivity index (χ4v) is 4.02. The Hall–Kier alpha value is -0.0400. The lowest BCUT2D eigenvalue weighted by molar-refractivity contribution is -0.131. The zero-order valence-corrected chi connectivity index (χ0v) is 16.5. The van der Waals surface area contributed by atoms with Crippen LogP contribution >= 0.6 is 22.6 Å². The minimum Gasteiger partial charge on any atom is -0.444 e. The monoisotopic (exact) mass is 423 g/mol. The number of carbonyl (C=O) groups is 1. The highest BCUT2D eigenvalue weighted by atomic mass is 127. The Morgan fingerprint density at radius 2 is 2.05 bits per heavy atom. The maximum absolute atomic E-state index is 12.4. The van der Waals surface area contributed by atoms with Crippen molar-refractivity contribution in [2.75, 3.05) is 17.5 Å². The van der Waals surface area contributed by atoms with Crippen LogP contribution in [0, 0.1) is 5.92 Å². The topological polar surface area (TPSA) is 38.8 Å². The molecule has 128 valence electrons. The standard InChI is InChI=1S/C17H30INO3/c1-13(14-7-5-8-14)21-17(11-18)9-6-10-19(12-17)15(20)22-16(2,3)4/h13-14H,5-12H2,1-4H3. The number of alkyl halides is 1. The number of likely N-dealkylation sites (tertiary alicyclic amines) is 1. The van der Waals surface area contributed by atoms with Gasteiger partial charge in [0.25, 0.3) is 0 Å². The largest absolute Gasteiger partial charge is 0.444 e. The molecular formula is C17H30INO3. The minimum atomic E-state index is -0.443. The summed E-state index contributed by atoms with van der Waals surface area (Å²) in [5.74, 6) is 0.705. The van der Waals surface area contributed by atoms with E-state index in [4.69, 9.17) is 9.47 Å². The molecule has 1 heterocycles. The molecule has 5 heteroatoms. The van der Waals surface area contributed by atoms with Crippen molar-refractivity contribution in [1.29, 1.82) is 0 Å². The highest BCUT2D eigenvalue weighted by Gasteiger charge is 2.41. The first kappa shape index (κ1) is 18.3. The molecule has 2 aliphatic rings. The molecule has 2 fully saturated rings. The Balaban J connectivity index is 1.97. The maximum Gasteiger partial charge on any atom is 0.410 e. The first-order chi connectivity index (χ1) is 10.2. The molecule has 0 spiro atoms. The van der Waals surface area contributed by atoms with Crippen molar-refractivity contribution in [2.45, 2.75) is 77.1 Å². The highest BCUT2D eigenvalue weighted by molar-refractivity contribution is 14.1. The zero-order chi connectivity index (χ0) is 16.4. The van der Waals surface area contributed by atoms with Gasteiger partial charge in [0.15, 0.2) is 0 Å². The van der Waals surface area contributed by atoms with Gasteiger partial charge in [-0.25, -0.2) is 4.79 Å². The molecule has 1 aliphatic carbocycles. The van der Waals surface area contributed by atoms with Crippen LogP contribution in [0.2, 0.25) is 0 Å². The second kappa shape index (κ2) is 7.24. The summed E-state index contributed by atoms with van der Waals surface area (Å²) in [5, 5.41) is 0. The summed E-state index contributed by atoms with van der Waals surface area (Å²) in [6, 6.07) is 0. The average Bonchev–Trinajstić information content (AvgIpc) is 2.34. The predicted molar refractivity (Wildman–Crippen MR) is 96.5 cm³/mol. The summed E-state index contributed by atoms with van der Waals surface area (Å²) >= 11 is 2.40. The normalized spacial score (nSPS) is 28.1. The van der Waals surface area contributed by atoms with E-state index in [1.165, 1.54) is 19.3 Å². The van der Waals surface area contributed by atoms with E-state index >= 15 is 0 Å². The Bertz CT molecular complexity index is 392. The molecule has 0 N–H and O–H groups in total. The number of hydrogen-bond acceptors (Lipinski definition) is 3. The Kier molecular flexibility index (Phi) is 6.02. The van der Waals surface area contributed by atoms with Crippen molar-refractivity contribution < 1.29 is 14.3 Å². The van der Waals surface area contributed by atoms with Crippen molar-refractivity contribution in [2.24, 2.45) is 5.92 Å². The molecule has 2 atom stereocenters. The first-order valence-corrected chi connectivity index (χ1v) is 9.99. The smallest absolute Gasteiger partial charge is 0.410 e. The average molecular weight is 423 g/mol. The first-order valence-electron chi connectivity index (χ1n) is 8.46. The van der Waals surface area contributed by atoms with Crippen LogP contribution in [0.1, 0.15) is 59.8 Å². The van der Waals surface area contributed by atoms with Crippen LogP contribution in [0.5, 0.6) is 0 Å². The van der Waals surface area contributed by atoms with Gasteiger partial charge in [0.1, 0.15) is 5.60 Å². The molecule has 2 unspecified atom stereocenters. The van der Waals surface area contributed by atoms with Crippen LogP contribution in [-0.4, -0.2) is 45.8 Å². The van der Waals surface area contributed by atoms with Gasteiger partial charge in [0.2, 0.25) is 0 Å². The lowest BCUT2D eigenvalue weighted by Gasteiger charge is -2.45. The van der Waals surface area contributed by atoms with Crippen molar-refractivity contribution in [3.05, 3.63) is 0 Å². The molecule has 0 aromatic rings. The molecule has 1 aliphatic heterocycles. The number of rotatable bonds is 4. The molecule has 0 bridgehead atoms. The summed E-state index contributed by atoms with van der Waals surface area (Å²) in [5.41, 5.74) is -0.647. The maximum atomic E-state index is 12.4. The molecule has 1 saturated carbocycles. The number of piperidine rings is 1. The number of nitrogens with zero attached hydrogens (tertiary/aromatic N) is 1. The number of halogens is 1. The lowest BCUT2D eigenvalue weighted by Crippen LogP contribution is -2.55. The van der Waals surface area contributed by atoms with Gasteiger partial charge >= 0.3 is 6.09 Å². The van der Waals surface area contributed by atoms with Gasteiger partial charge in [0.05, 0.1) is 18.2 Å². The van der Waals surface area contributed by atoms with Gasteiger partial charge in [-0.15, -0.1) is 0 Å². The number of carbonyl (C=O) groups excluding carboxylic acids is 1. The molecule has 1 saturated heterocycles. The molecule has 22 heavy (non-hydrogen) atoms. The Labute approximate surface area is 148 Å². The van der Waals surface area contributed by atoms with Crippen LogP contribution < -0.4 is 0 Å². The molecular weight excluding hydrogens is 393 g/mol. The van der Waals surface area contributed by atoms with Crippen LogP contribution in [0.4, 0.5) is 4.79 Å². The lowest BCUT2D eigenvalue weighted by atomic mass is 9.81. The summed E-state index contributed by atoms with van der Waals surface area (Å²) in [4.78, 5) is 14.2. The van der Waals surface area contributed by atoms with Gasteiger partial charge in [-0.05, 0) is 59.3 Å². The quantitative estimate of drug-likeness (QED) is 0.497. The molecule has 4 nitrogen and oxygen atoms in total. The Morgan fingerprint density at radius 1 is 1.36 bits per heavy atom. The van der Waals surface area contributed by atoms with Crippen LogP contribution in [-0.2, 0) is 9.47 Å². The minimum absolute atomic E-state index is 0.204. The second-order valence-corrected chi connectivity index (χ2v) is 8.60. The van der Waals surface area contributed by atoms with Gasteiger partial charge in [0, 0.05) is 11.0 Å². The van der Waals surface area contributed by atoms with E-state index in [1.807, 2.05) is 25.7 Å². The van der Waals surface area contributed by atoms with E-state index < -0.39 is 5.60 Å². The van der Waals surface area contributed by atoms with Gasteiger partial charge < -0.3 is 14.4 Å². The van der Waals surface area contributed by atoms with E-state index in [0.717, 1.165) is 23.8 Å². The van der Waals surface area contributed by atoms with Gasteiger partial charge in [-0.1, -0.05) is 29.0 Å². The number of amides is 1. The summed E-state index contributed by atoms with van der Waals surface area (Å²) < 4.78 is 12.9. The van der Waals surface area contributed by atoms with E-state index in [2.05, 4.69) is 29.5 Å². The Morgan fingerprint density at radius 3 is 2.55 bits per heavy atom.